The summed E-state index contributed by atoms with van der Waals surface area (Å²) in [6.07, 6.45) is 1.62. The molecule has 1 N–H and O–H groups in total. The molecule has 4 rings (SSSR count). The Labute approximate surface area is 199 Å². The molecule has 0 aliphatic rings. The van der Waals surface area contributed by atoms with E-state index in [1.807, 2.05) is 44.2 Å². The van der Waals surface area contributed by atoms with Crippen LogP contribution >= 0.6 is 23.1 Å². The van der Waals surface area contributed by atoms with E-state index in [4.69, 9.17) is 4.74 Å². The van der Waals surface area contributed by atoms with Crippen molar-refractivity contribution in [3.63, 3.8) is 0 Å². The predicted octanol–water partition coefficient (Wildman–Crippen LogP) is 4.40. The van der Waals surface area contributed by atoms with Gasteiger partial charge in [-0.05, 0) is 62.4 Å². The minimum Gasteiger partial charge on any atom is -0.494 e. The number of hydrogen-bond donors (Lipinski definition) is 1. The Hall–Kier alpha value is -3.43. The SMILES string of the molecule is CCOc1ccc(-n2c(SCC(=O)NN=Cc3ccc(C)s3)nc3ccccc3c2=O)cc1. The number of benzene rings is 2. The standard InChI is InChI=1S/C24H22N4O3S2/c1-3-31-18-11-9-17(10-12-18)28-23(30)20-6-4-5-7-21(20)26-24(28)32-15-22(29)27-25-14-19-13-8-16(2)33-19/h4-14H,3,15H2,1-2H3,(H,27,29). The van der Waals surface area contributed by atoms with Gasteiger partial charge in [0.25, 0.3) is 11.5 Å². The van der Waals surface area contributed by atoms with Crippen molar-refractivity contribution in [1.29, 1.82) is 0 Å². The van der Waals surface area contributed by atoms with Crippen LogP contribution in [-0.2, 0) is 4.79 Å². The molecule has 0 saturated heterocycles. The Morgan fingerprint density at radius 1 is 1.18 bits per heavy atom. The van der Waals surface area contributed by atoms with Crippen LogP contribution in [0.15, 0.2) is 75.7 Å². The smallest absolute Gasteiger partial charge is 0.266 e. The highest BCUT2D eigenvalue weighted by atomic mass is 32.2. The molecule has 0 unspecified atom stereocenters. The largest absolute Gasteiger partial charge is 0.494 e. The van der Waals surface area contributed by atoms with Gasteiger partial charge in [0.05, 0.1) is 35.2 Å². The molecule has 2 aromatic carbocycles. The maximum Gasteiger partial charge on any atom is 0.266 e. The number of hydrogen-bond acceptors (Lipinski definition) is 7. The highest BCUT2D eigenvalue weighted by molar-refractivity contribution is 7.99. The third-order valence-electron chi connectivity index (χ3n) is 4.63. The highest BCUT2D eigenvalue weighted by Gasteiger charge is 2.15. The number of thioether (sulfide) groups is 1. The first-order chi connectivity index (χ1) is 16.0. The first-order valence-corrected chi connectivity index (χ1v) is 12.1. The van der Waals surface area contributed by atoms with Crippen LogP contribution in [0, 0.1) is 6.92 Å². The van der Waals surface area contributed by atoms with Crippen molar-refractivity contribution in [1.82, 2.24) is 15.0 Å². The molecule has 0 radical (unpaired) electrons. The zero-order chi connectivity index (χ0) is 23.2. The molecule has 0 spiro atoms. The van der Waals surface area contributed by atoms with Crippen LogP contribution in [0.3, 0.4) is 0 Å². The fourth-order valence-electron chi connectivity index (χ4n) is 3.15. The molecule has 9 heteroatoms. The topological polar surface area (TPSA) is 85.6 Å². The molecule has 2 heterocycles. The average Bonchev–Trinajstić information content (AvgIpc) is 3.24. The average molecular weight is 479 g/mol. The van der Waals surface area contributed by atoms with E-state index in [-0.39, 0.29) is 17.2 Å². The summed E-state index contributed by atoms with van der Waals surface area (Å²) in [6.45, 7) is 4.48. The van der Waals surface area contributed by atoms with Gasteiger partial charge in [0, 0.05) is 9.75 Å². The fraction of sp³-hybridized carbons (Fsp3) is 0.167. The molecule has 0 aliphatic heterocycles. The Kier molecular flexibility index (Phi) is 7.21. The Balaban J connectivity index is 1.58. The highest BCUT2D eigenvalue weighted by Crippen LogP contribution is 2.23. The quantitative estimate of drug-likeness (QED) is 0.176. The summed E-state index contributed by atoms with van der Waals surface area (Å²) >= 11 is 2.77. The van der Waals surface area contributed by atoms with Gasteiger partial charge in [-0.3, -0.25) is 14.2 Å². The second-order valence-corrected chi connectivity index (χ2v) is 9.27. The van der Waals surface area contributed by atoms with Crippen molar-refractivity contribution in [2.45, 2.75) is 19.0 Å². The summed E-state index contributed by atoms with van der Waals surface area (Å²) in [6, 6.07) is 18.3. The van der Waals surface area contributed by atoms with Gasteiger partial charge >= 0.3 is 0 Å². The van der Waals surface area contributed by atoms with Gasteiger partial charge < -0.3 is 4.74 Å². The van der Waals surface area contributed by atoms with Gasteiger partial charge in [0.2, 0.25) is 0 Å². The van der Waals surface area contributed by atoms with E-state index in [0.717, 1.165) is 10.6 Å². The van der Waals surface area contributed by atoms with Crippen molar-refractivity contribution in [3.8, 4) is 11.4 Å². The number of para-hydroxylation sites is 1. The molecule has 1 amide bonds. The number of thiophene rings is 1. The lowest BCUT2D eigenvalue weighted by Crippen LogP contribution is -2.24. The summed E-state index contributed by atoms with van der Waals surface area (Å²) in [4.78, 5) is 32.4. The molecular formula is C24H22N4O3S2. The van der Waals surface area contributed by atoms with Crippen molar-refractivity contribution in [3.05, 3.63) is 80.8 Å². The molecule has 0 fully saturated rings. The Morgan fingerprint density at radius 3 is 2.70 bits per heavy atom. The number of ether oxygens (including phenoxy) is 1. The summed E-state index contributed by atoms with van der Waals surface area (Å²) in [5.74, 6) is 0.489. The van der Waals surface area contributed by atoms with E-state index < -0.39 is 0 Å². The molecule has 168 valence electrons. The molecule has 0 atom stereocenters. The lowest BCUT2D eigenvalue weighted by molar-refractivity contribution is -0.118. The van der Waals surface area contributed by atoms with Crippen molar-refractivity contribution in [2.24, 2.45) is 5.10 Å². The number of amides is 1. The summed E-state index contributed by atoms with van der Waals surface area (Å²) in [5.41, 5.74) is 3.56. The van der Waals surface area contributed by atoms with Crippen molar-refractivity contribution < 1.29 is 9.53 Å². The Morgan fingerprint density at radius 2 is 1.97 bits per heavy atom. The monoisotopic (exact) mass is 478 g/mol. The van der Waals surface area contributed by atoms with Gasteiger partial charge in [-0.15, -0.1) is 11.3 Å². The number of aromatic nitrogens is 2. The maximum atomic E-state index is 13.3. The first kappa shape index (κ1) is 22.8. The van der Waals surface area contributed by atoms with E-state index in [9.17, 15) is 9.59 Å². The molecular weight excluding hydrogens is 456 g/mol. The molecule has 0 aliphatic carbocycles. The minimum atomic E-state index is -0.287. The molecule has 7 nitrogen and oxygen atoms in total. The van der Waals surface area contributed by atoms with Crippen molar-refractivity contribution in [2.75, 3.05) is 12.4 Å². The van der Waals surface area contributed by atoms with Gasteiger partial charge in [-0.25, -0.2) is 10.4 Å². The molecule has 0 bridgehead atoms. The number of carbonyl (C=O) groups is 1. The Bertz CT molecular complexity index is 1360. The molecule has 2 aromatic heterocycles. The van der Waals surface area contributed by atoms with Crippen LogP contribution in [0.25, 0.3) is 16.6 Å². The second-order valence-electron chi connectivity index (χ2n) is 7.01. The lowest BCUT2D eigenvalue weighted by atomic mass is 10.2. The zero-order valence-corrected chi connectivity index (χ0v) is 19.8. The maximum absolute atomic E-state index is 13.3. The third kappa shape index (κ3) is 5.50. The summed E-state index contributed by atoms with van der Waals surface area (Å²) < 4.78 is 7.02. The minimum absolute atomic E-state index is 0.0582. The zero-order valence-electron chi connectivity index (χ0n) is 18.1. The van der Waals surface area contributed by atoms with Crippen LogP contribution in [0.4, 0.5) is 0 Å². The van der Waals surface area contributed by atoms with Gasteiger partial charge in [-0.1, -0.05) is 23.9 Å². The van der Waals surface area contributed by atoms with Gasteiger partial charge in [0.15, 0.2) is 5.16 Å². The number of hydrazone groups is 1. The number of aryl methyl sites for hydroxylation is 1. The third-order valence-corrected chi connectivity index (χ3v) is 6.50. The van der Waals surface area contributed by atoms with Crippen molar-refractivity contribution >= 4 is 46.1 Å². The second kappa shape index (κ2) is 10.5. The predicted molar refractivity (Wildman–Crippen MR) is 134 cm³/mol. The van der Waals surface area contributed by atoms with E-state index in [2.05, 4.69) is 15.5 Å². The fourth-order valence-corrected chi connectivity index (χ4v) is 4.70. The number of rotatable bonds is 8. The number of carbonyl (C=O) groups excluding carboxylic acids is 1. The summed E-state index contributed by atoms with van der Waals surface area (Å²) in [7, 11) is 0. The van der Waals surface area contributed by atoms with Crippen LogP contribution < -0.4 is 15.7 Å². The summed E-state index contributed by atoms with van der Waals surface area (Å²) in [5, 5.41) is 4.95. The molecule has 4 aromatic rings. The van der Waals surface area contributed by atoms with E-state index in [1.165, 1.54) is 21.2 Å². The first-order valence-electron chi connectivity index (χ1n) is 10.3. The lowest BCUT2D eigenvalue weighted by Gasteiger charge is -2.13. The van der Waals surface area contributed by atoms with E-state index >= 15 is 0 Å². The number of nitrogens with one attached hydrogen (secondary N) is 1. The van der Waals surface area contributed by atoms with Gasteiger partial charge in [0.1, 0.15) is 5.75 Å². The normalized spacial score (nSPS) is 11.2. The molecule has 0 saturated carbocycles. The molecule has 33 heavy (non-hydrogen) atoms. The van der Waals surface area contributed by atoms with Gasteiger partial charge in [-0.2, -0.15) is 5.10 Å². The van der Waals surface area contributed by atoms with Crippen LogP contribution in [-0.4, -0.2) is 34.0 Å². The van der Waals surface area contributed by atoms with E-state index in [1.54, 1.807) is 47.9 Å². The van der Waals surface area contributed by atoms with Crippen LogP contribution in [0.2, 0.25) is 0 Å². The number of nitrogens with zero attached hydrogens (tertiary/aromatic N) is 3. The van der Waals surface area contributed by atoms with Crippen LogP contribution in [0.1, 0.15) is 16.7 Å². The van der Waals surface area contributed by atoms with Crippen LogP contribution in [0.5, 0.6) is 5.75 Å². The van der Waals surface area contributed by atoms with E-state index in [0.29, 0.717) is 28.4 Å². The number of fused-ring (bicyclic) bond motifs is 1.